The number of amidine groups is 1. The first-order chi connectivity index (χ1) is 11.3. The van der Waals surface area contributed by atoms with Crippen LogP contribution in [0.5, 0.6) is 0 Å². The zero-order valence-corrected chi connectivity index (χ0v) is 13.5. The Bertz CT molecular complexity index is 887. The van der Waals surface area contributed by atoms with Gasteiger partial charge in [-0.3, -0.25) is 5.32 Å². The molecule has 112 valence electrons. The van der Waals surface area contributed by atoms with E-state index in [4.69, 9.17) is 5.26 Å². The molecule has 0 heterocycles. The van der Waals surface area contributed by atoms with Gasteiger partial charge in [0.1, 0.15) is 0 Å². The molecule has 23 heavy (non-hydrogen) atoms. The molecule has 4 heteroatoms. The molecule has 0 aromatic heterocycles. The summed E-state index contributed by atoms with van der Waals surface area (Å²) in [5.74, 6) is 0. The number of nitrogens with zero attached hydrogens (tertiary/aromatic N) is 2. The van der Waals surface area contributed by atoms with Gasteiger partial charge in [0.15, 0.2) is 11.4 Å². The SMILES string of the molecule is CSC(=Nc1ccc(-c2cccc3ccccc23)cc1)NC#N. The first-order valence-corrected chi connectivity index (χ1v) is 8.40. The zero-order valence-electron chi connectivity index (χ0n) is 12.7. The zero-order chi connectivity index (χ0) is 16.1. The van der Waals surface area contributed by atoms with Gasteiger partial charge in [-0.2, -0.15) is 5.26 Å². The van der Waals surface area contributed by atoms with Crippen molar-refractivity contribution in [2.45, 2.75) is 0 Å². The molecule has 3 aromatic carbocycles. The molecule has 0 radical (unpaired) electrons. The van der Waals surface area contributed by atoms with E-state index in [9.17, 15) is 0 Å². The van der Waals surface area contributed by atoms with Crippen LogP contribution in [0.3, 0.4) is 0 Å². The first-order valence-electron chi connectivity index (χ1n) is 7.18. The molecule has 0 unspecified atom stereocenters. The lowest BCUT2D eigenvalue weighted by molar-refractivity contribution is 1.28. The molecule has 3 rings (SSSR count). The number of thioether (sulfide) groups is 1. The molecular weight excluding hydrogens is 302 g/mol. The molecule has 1 N–H and O–H groups in total. The van der Waals surface area contributed by atoms with Gasteiger partial charge in [0.05, 0.1) is 5.69 Å². The molecule has 0 bridgehead atoms. The summed E-state index contributed by atoms with van der Waals surface area (Å²) in [4.78, 5) is 4.41. The lowest BCUT2D eigenvalue weighted by Gasteiger charge is -2.07. The highest BCUT2D eigenvalue weighted by Gasteiger charge is 2.03. The van der Waals surface area contributed by atoms with E-state index in [0.29, 0.717) is 5.17 Å². The summed E-state index contributed by atoms with van der Waals surface area (Å²) in [7, 11) is 0. The maximum Gasteiger partial charge on any atom is 0.183 e. The Morgan fingerprint density at radius 1 is 1.00 bits per heavy atom. The maximum absolute atomic E-state index is 8.68. The van der Waals surface area contributed by atoms with Crippen molar-refractivity contribution in [1.82, 2.24) is 5.32 Å². The van der Waals surface area contributed by atoms with E-state index in [0.717, 1.165) is 11.3 Å². The Kier molecular flexibility index (Phi) is 4.60. The average molecular weight is 317 g/mol. The first kappa shape index (κ1) is 15.1. The highest BCUT2D eigenvalue weighted by molar-refractivity contribution is 8.13. The topological polar surface area (TPSA) is 48.2 Å². The Labute approximate surface area is 139 Å². The van der Waals surface area contributed by atoms with E-state index in [2.05, 4.69) is 64.9 Å². The summed E-state index contributed by atoms with van der Waals surface area (Å²) in [6.45, 7) is 0. The summed E-state index contributed by atoms with van der Waals surface area (Å²) in [6, 6.07) is 22.7. The van der Waals surface area contributed by atoms with Crippen molar-refractivity contribution in [3.8, 4) is 17.3 Å². The van der Waals surface area contributed by atoms with Crippen LogP contribution in [0.25, 0.3) is 21.9 Å². The molecule has 0 aliphatic heterocycles. The van der Waals surface area contributed by atoms with E-state index in [-0.39, 0.29) is 0 Å². The number of hydrogen-bond acceptors (Lipinski definition) is 3. The van der Waals surface area contributed by atoms with Crippen LogP contribution in [-0.2, 0) is 0 Å². The van der Waals surface area contributed by atoms with Gasteiger partial charge < -0.3 is 0 Å². The van der Waals surface area contributed by atoms with Crippen LogP contribution in [0.15, 0.2) is 71.7 Å². The summed E-state index contributed by atoms with van der Waals surface area (Å²) in [6.07, 6.45) is 3.78. The van der Waals surface area contributed by atoms with Crippen molar-refractivity contribution < 1.29 is 0 Å². The van der Waals surface area contributed by atoms with Crippen molar-refractivity contribution in [2.75, 3.05) is 6.26 Å². The summed E-state index contributed by atoms with van der Waals surface area (Å²) in [5, 5.41) is 14.3. The highest BCUT2D eigenvalue weighted by Crippen LogP contribution is 2.29. The van der Waals surface area contributed by atoms with Gasteiger partial charge in [0.25, 0.3) is 0 Å². The largest absolute Gasteiger partial charge is 0.271 e. The standard InChI is InChI=1S/C19H15N3S/c1-23-19(21-13-20)22-16-11-9-15(10-12-16)18-8-4-6-14-5-2-3-7-17(14)18/h2-12H,1H3,(H,21,22). The molecule has 0 atom stereocenters. The molecule has 0 spiro atoms. The minimum absolute atomic E-state index is 0.588. The van der Waals surface area contributed by atoms with Gasteiger partial charge in [-0.05, 0) is 40.3 Å². The molecule has 0 fully saturated rings. The van der Waals surface area contributed by atoms with Gasteiger partial charge in [0.2, 0.25) is 0 Å². The predicted molar refractivity (Wildman–Crippen MR) is 98.7 cm³/mol. The average Bonchev–Trinajstić information content (AvgIpc) is 2.61. The minimum Gasteiger partial charge on any atom is -0.271 e. The number of nitrogens with one attached hydrogen (secondary N) is 1. The van der Waals surface area contributed by atoms with Gasteiger partial charge in [0, 0.05) is 0 Å². The fourth-order valence-corrected chi connectivity index (χ4v) is 2.83. The van der Waals surface area contributed by atoms with Crippen LogP contribution in [0.1, 0.15) is 0 Å². The third kappa shape index (κ3) is 3.36. The van der Waals surface area contributed by atoms with E-state index < -0.39 is 0 Å². The summed E-state index contributed by atoms with van der Waals surface area (Å²) >= 11 is 1.41. The maximum atomic E-state index is 8.68. The number of hydrogen-bond donors (Lipinski definition) is 1. The van der Waals surface area contributed by atoms with Gasteiger partial charge in [-0.25, -0.2) is 4.99 Å². The van der Waals surface area contributed by atoms with Crippen LogP contribution in [0.2, 0.25) is 0 Å². The summed E-state index contributed by atoms with van der Waals surface area (Å²) < 4.78 is 0. The van der Waals surface area contributed by atoms with Gasteiger partial charge in [-0.15, -0.1) is 0 Å². The Hall–Kier alpha value is -2.77. The second-order valence-corrected chi connectivity index (χ2v) is 5.73. The second-order valence-electron chi connectivity index (χ2n) is 4.93. The van der Waals surface area contributed by atoms with E-state index in [1.807, 2.05) is 24.6 Å². The van der Waals surface area contributed by atoms with E-state index in [1.165, 1.54) is 28.1 Å². The van der Waals surface area contributed by atoms with Gasteiger partial charge >= 0.3 is 0 Å². The smallest absolute Gasteiger partial charge is 0.183 e. The Morgan fingerprint density at radius 2 is 1.74 bits per heavy atom. The second kappa shape index (κ2) is 6.99. The normalized spacial score (nSPS) is 11.2. The number of benzene rings is 3. The fourth-order valence-electron chi connectivity index (χ4n) is 2.48. The van der Waals surface area contributed by atoms with Gasteiger partial charge in [-0.1, -0.05) is 66.4 Å². The lowest BCUT2D eigenvalue weighted by Crippen LogP contribution is -2.12. The number of rotatable bonds is 2. The van der Waals surface area contributed by atoms with Crippen molar-refractivity contribution in [2.24, 2.45) is 4.99 Å². The molecule has 3 nitrogen and oxygen atoms in total. The number of fused-ring (bicyclic) bond motifs is 1. The van der Waals surface area contributed by atoms with Crippen LogP contribution < -0.4 is 5.32 Å². The molecule has 0 saturated heterocycles. The quantitative estimate of drug-likeness (QED) is 0.315. The number of aliphatic imine (C=N–C) groups is 1. The third-order valence-electron chi connectivity index (χ3n) is 3.55. The van der Waals surface area contributed by atoms with Crippen molar-refractivity contribution in [1.29, 1.82) is 5.26 Å². The Morgan fingerprint density at radius 3 is 2.48 bits per heavy atom. The molecule has 0 aliphatic carbocycles. The molecule has 0 amide bonds. The van der Waals surface area contributed by atoms with Crippen LogP contribution in [-0.4, -0.2) is 11.4 Å². The monoisotopic (exact) mass is 317 g/mol. The summed E-state index contributed by atoms with van der Waals surface area (Å²) in [5.41, 5.74) is 3.18. The van der Waals surface area contributed by atoms with Crippen molar-refractivity contribution >= 4 is 33.4 Å². The van der Waals surface area contributed by atoms with Crippen LogP contribution in [0.4, 0.5) is 5.69 Å². The Balaban J connectivity index is 1.97. The van der Waals surface area contributed by atoms with E-state index in [1.54, 1.807) is 0 Å². The molecule has 3 aromatic rings. The van der Waals surface area contributed by atoms with Crippen molar-refractivity contribution in [3.63, 3.8) is 0 Å². The highest BCUT2D eigenvalue weighted by atomic mass is 32.2. The fraction of sp³-hybridized carbons (Fsp3) is 0.0526. The predicted octanol–water partition coefficient (Wildman–Crippen LogP) is 4.93. The molecular formula is C19H15N3S. The molecule has 0 aliphatic rings. The molecule has 0 saturated carbocycles. The lowest BCUT2D eigenvalue weighted by atomic mass is 9.98. The minimum atomic E-state index is 0.588. The number of nitriles is 1. The van der Waals surface area contributed by atoms with Crippen molar-refractivity contribution in [3.05, 3.63) is 66.7 Å². The van der Waals surface area contributed by atoms with E-state index >= 15 is 0 Å². The van der Waals surface area contributed by atoms with Crippen LogP contribution >= 0.6 is 11.8 Å². The third-order valence-corrected chi connectivity index (χ3v) is 4.13. The van der Waals surface area contributed by atoms with Crippen LogP contribution in [0, 0.1) is 11.5 Å².